The van der Waals surface area contributed by atoms with E-state index in [4.69, 9.17) is 23.7 Å². The van der Waals surface area contributed by atoms with Crippen LogP contribution in [0.1, 0.15) is 30.5 Å². The van der Waals surface area contributed by atoms with E-state index in [0.717, 1.165) is 16.7 Å². The van der Waals surface area contributed by atoms with Crippen molar-refractivity contribution in [3.63, 3.8) is 0 Å². The second-order valence-electron chi connectivity index (χ2n) is 10.2. The monoisotopic (exact) mass is 597 g/mol. The van der Waals surface area contributed by atoms with Gasteiger partial charge >= 0.3 is 11.9 Å². The molecule has 1 amide bonds. The molecule has 4 rings (SSSR count). The van der Waals surface area contributed by atoms with Crippen molar-refractivity contribution in [2.75, 3.05) is 13.2 Å². The van der Waals surface area contributed by atoms with Gasteiger partial charge in [-0.05, 0) is 23.6 Å². The van der Waals surface area contributed by atoms with Crippen LogP contribution in [0.25, 0.3) is 0 Å². The quantitative estimate of drug-likeness (QED) is 0.266. The third-order valence-corrected chi connectivity index (χ3v) is 6.93. The summed E-state index contributed by atoms with van der Waals surface area (Å²) in [5.74, 6) is -6.49. The van der Waals surface area contributed by atoms with E-state index in [2.05, 4.69) is 5.32 Å². The van der Waals surface area contributed by atoms with Crippen LogP contribution >= 0.6 is 0 Å². The average molecular weight is 598 g/mol. The van der Waals surface area contributed by atoms with E-state index < -0.39 is 48.3 Å². The number of esters is 1. The first-order chi connectivity index (χ1) is 20.8. The number of rotatable bonds is 14. The van der Waals surface area contributed by atoms with Crippen LogP contribution < -0.4 is 5.32 Å². The number of hydrogen-bond acceptors (Lipinski definition) is 7. The number of carbonyl (C=O) groups excluding carboxylic acids is 2. The van der Waals surface area contributed by atoms with Gasteiger partial charge < -0.3 is 29.0 Å². The Kier molecular flexibility index (Phi) is 11.7. The molecule has 43 heavy (non-hydrogen) atoms. The van der Waals surface area contributed by atoms with E-state index in [1.165, 1.54) is 13.8 Å². The molecule has 1 aliphatic rings. The summed E-state index contributed by atoms with van der Waals surface area (Å²) in [6.45, 7) is 2.55. The molecule has 8 nitrogen and oxygen atoms in total. The summed E-state index contributed by atoms with van der Waals surface area (Å²) in [4.78, 5) is 24.9. The fourth-order valence-corrected chi connectivity index (χ4v) is 4.92. The highest BCUT2D eigenvalue weighted by molar-refractivity contribution is 5.79. The maximum absolute atomic E-state index is 15.8. The standard InChI is InChI=1S/C33H37F2NO7/c1-3-40-32(38)33(34,35)31-28(36-23(2)37)30(42-21-26-17-11-6-12-18-26)29(41-20-25-15-9-5-10-16-25)27(43-31)22-39-19-24-13-7-4-8-14-24/h4-18,27-31H,3,19-22H2,1-2H3,(H,36,37). The smallest absolute Gasteiger partial charge is 0.379 e. The molecule has 3 aromatic carbocycles. The molecular weight excluding hydrogens is 560 g/mol. The molecule has 5 unspecified atom stereocenters. The van der Waals surface area contributed by atoms with Gasteiger partial charge in [-0.1, -0.05) is 91.0 Å². The molecule has 1 heterocycles. The third kappa shape index (κ3) is 8.90. The van der Waals surface area contributed by atoms with Crippen LogP contribution in [0.15, 0.2) is 91.0 Å². The highest BCUT2D eigenvalue weighted by atomic mass is 19.3. The first-order valence-corrected chi connectivity index (χ1v) is 14.2. The summed E-state index contributed by atoms with van der Waals surface area (Å²) < 4.78 is 60.7. The molecule has 0 bridgehead atoms. The molecule has 10 heteroatoms. The summed E-state index contributed by atoms with van der Waals surface area (Å²) >= 11 is 0. The fourth-order valence-electron chi connectivity index (χ4n) is 4.92. The first-order valence-electron chi connectivity index (χ1n) is 14.2. The zero-order valence-corrected chi connectivity index (χ0v) is 24.2. The minimum Gasteiger partial charge on any atom is -0.461 e. The molecule has 5 atom stereocenters. The number of benzene rings is 3. The van der Waals surface area contributed by atoms with Crippen molar-refractivity contribution in [1.29, 1.82) is 0 Å². The van der Waals surface area contributed by atoms with Crippen molar-refractivity contribution < 1.29 is 42.1 Å². The van der Waals surface area contributed by atoms with E-state index in [1.807, 2.05) is 91.0 Å². The van der Waals surface area contributed by atoms with Crippen LogP contribution in [0.2, 0.25) is 0 Å². The minimum atomic E-state index is -4.13. The van der Waals surface area contributed by atoms with Crippen molar-refractivity contribution >= 4 is 11.9 Å². The summed E-state index contributed by atoms with van der Waals surface area (Å²) in [5, 5.41) is 2.55. The predicted molar refractivity (Wildman–Crippen MR) is 154 cm³/mol. The molecule has 0 radical (unpaired) electrons. The van der Waals surface area contributed by atoms with Crippen LogP contribution in [0.5, 0.6) is 0 Å². The summed E-state index contributed by atoms with van der Waals surface area (Å²) in [5.41, 5.74) is 2.49. The topological polar surface area (TPSA) is 92.3 Å². The highest BCUT2D eigenvalue weighted by Crippen LogP contribution is 2.36. The Labute approximate surface area is 250 Å². The molecule has 0 aromatic heterocycles. The Morgan fingerprint density at radius 1 is 0.791 bits per heavy atom. The van der Waals surface area contributed by atoms with Crippen molar-refractivity contribution in [3.8, 4) is 0 Å². The van der Waals surface area contributed by atoms with Crippen molar-refractivity contribution in [3.05, 3.63) is 108 Å². The lowest BCUT2D eigenvalue weighted by Gasteiger charge is -2.47. The van der Waals surface area contributed by atoms with Gasteiger partial charge in [-0.2, -0.15) is 8.78 Å². The zero-order valence-electron chi connectivity index (χ0n) is 24.2. The molecule has 1 N–H and O–H groups in total. The van der Waals surface area contributed by atoms with E-state index in [9.17, 15) is 9.59 Å². The van der Waals surface area contributed by atoms with Crippen LogP contribution in [0.3, 0.4) is 0 Å². The number of halogens is 2. The fraction of sp³-hybridized carbons (Fsp3) is 0.394. The molecule has 0 spiro atoms. The van der Waals surface area contributed by atoms with Crippen molar-refractivity contribution in [2.45, 2.75) is 70.0 Å². The summed E-state index contributed by atoms with van der Waals surface area (Å²) in [6.07, 6.45) is -5.34. The molecule has 0 saturated carbocycles. The Hall–Kier alpha value is -3.70. The third-order valence-electron chi connectivity index (χ3n) is 6.93. The van der Waals surface area contributed by atoms with Gasteiger partial charge in [0.05, 0.1) is 39.1 Å². The van der Waals surface area contributed by atoms with E-state index >= 15 is 8.78 Å². The SMILES string of the molecule is CCOC(=O)C(F)(F)C1OC(COCc2ccccc2)C(OCc2ccccc2)C(OCc2ccccc2)C1NC(C)=O. The lowest BCUT2D eigenvalue weighted by molar-refractivity contribution is -0.273. The molecule has 3 aromatic rings. The average Bonchev–Trinajstić information content (AvgIpc) is 3.01. The normalized spacial score (nSPS) is 22.1. The van der Waals surface area contributed by atoms with Crippen LogP contribution in [0.4, 0.5) is 8.78 Å². The second-order valence-corrected chi connectivity index (χ2v) is 10.2. The number of carbonyl (C=O) groups is 2. The summed E-state index contributed by atoms with van der Waals surface area (Å²) in [6, 6.07) is 26.4. The van der Waals surface area contributed by atoms with Gasteiger partial charge in [-0.15, -0.1) is 0 Å². The van der Waals surface area contributed by atoms with E-state index in [1.54, 1.807) is 0 Å². The zero-order chi connectivity index (χ0) is 30.7. The number of ether oxygens (including phenoxy) is 5. The van der Waals surface area contributed by atoms with Gasteiger partial charge in [-0.25, -0.2) is 4.79 Å². The van der Waals surface area contributed by atoms with Crippen LogP contribution in [-0.2, 0) is 53.1 Å². The lowest BCUT2D eigenvalue weighted by atomic mass is 9.88. The first kappa shape index (κ1) is 32.2. The largest absolute Gasteiger partial charge is 0.461 e. The summed E-state index contributed by atoms with van der Waals surface area (Å²) in [7, 11) is 0. The second kappa shape index (κ2) is 15.7. The van der Waals surface area contributed by atoms with E-state index in [0.29, 0.717) is 0 Å². The Balaban J connectivity index is 1.69. The highest BCUT2D eigenvalue weighted by Gasteiger charge is 2.61. The van der Waals surface area contributed by atoms with Gasteiger partial charge in [-0.3, -0.25) is 4.79 Å². The van der Waals surface area contributed by atoms with E-state index in [-0.39, 0.29) is 33.0 Å². The van der Waals surface area contributed by atoms with Gasteiger partial charge in [0, 0.05) is 6.92 Å². The number of alkyl halides is 2. The number of hydrogen-bond donors (Lipinski definition) is 1. The molecule has 1 fully saturated rings. The maximum atomic E-state index is 15.8. The maximum Gasteiger partial charge on any atom is 0.379 e. The predicted octanol–water partition coefficient (Wildman–Crippen LogP) is 4.84. The van der Waals surface area contributed by atoms with Crippen LogP contribution in [-0.4, -0.2) is 61.5 Å². The van der Waals surface area contributed by atoms with Crippen molar-refractivity contribution in [2.24, 2.45) is 0 Å². The number of amides is 1. The Bertz CT molecular complexity index is 1280. The van der Waals surface area contributed by atoms with Gasteiger partial charge in [0.25, 0.3) is 0 Å². The molecule has 1 saturated heterocycles. The van der Waals surface area contributed by atoms with Crippen molar-refractivity contribution in [1.82, 2.24) is 5.32 Å². The van der Waals surface area contributed by atoms with Crippen LogP contribution in [0, 0.1) is 0 Å². The molecule has 230 valence electrons. The molecule has 0 aliphatic carbocycles. The molecule has 1 aliphatic heterocycles. The number of nitrogens with one attached hydrogen (secondary N) is 1. The minimum absolute atomic E-state index is 0.0298. The Morgan fingerprint density at radius 3 is 1.77 bits per heavy atom. The van der Waals surface area contributed by atoms with Gasteiger partial charge in [0.2, 0.25) is 5.91 Å². The Morgan fingerprint density at radius 2 is 1.28 bits per heavy atom. The lowest BCUT2D eigenvalue weighted by Crippen LogP contribution is -2.70. The van der Waals surface area contributed by atoms with Gasteiger partial charge in [0.1, 0.15) is 18.3 Å². The molecular formula is C33H37F2NO7. The van der Waals surface area contributed by atoms with Gasteiger partial charge in [0.15, 0.2) is 6.10 Å².